The molecule has 1 unspecified atom stereocenters. The lowest BCUT2D eigenvalue weighted by molar-refractivity contribution is 0.0754. The van der Waals surface area contributed by atoms with Gasteiger partial charge in [-0.1, -0.05) is 32.0 Å². The van der Waals surface area contributed by atoms with Crippen LogP contribution in [0.1, 0.15) is 36.4 Å². The number of carbonyl (C=O) groups is 1. The van der Waals surface area contributed by atoms with E-state index < -0.39 is 0 Å². The minimum absolute atomic E-state index is 0.0812. The molecule has 2 aromatic rings. The lowest BCUT2D eigenvalue weighted by Crippen LogP contribution is -2.34. The summed E-state index contributed by atoms with van der Waals surface area (Å²) in [6.45, 7) is 5.05. The topological polar surface area (TPSA) is 68.7 Å². The first-order valence-electron chi connectivity index (χ1n) is 8.24. The van der Waals surface area contributed by atoms with Crippen molar-refractivity contribution in [2.75, 3.05) is 13.6 Å². The predicted octanol–water partition coefficient (Wildman–Crippen LogP) is 3.30. The molecule has 2 rings (SSSR count). The van der Waals surface area contributed by atoms with Gasteiger partial charge in [0.15, 0.2) is 5.76 Å². The van der Waals surface area contributed by atoms with Crippen LogP contribution in [0.4, 0.5) is 0 Å². The maximum absolute atomic E-state index is 12.6. The second-order valence-electron chi connectivity index (χ2n) is 6.30. The molecule has 5 nitrogen and oxygen atoms in total. The molecule has 0 aliphatic heterocycles. The fourth-order valence-electron chi connectivity index (χ4n) is 2.27. The standard InChI is InChI=1S/C19H26N2O3/c1-14(2)17(20)9-11-21(3)19(22)18-15(10-12-23-18)13-24-16-7-5-4-6-8-16/h4-8,10,12,14,17H,9,11,13,20H2,1-3H3. The molecular weight excluding hydrogens is 304 g/mol. The summed E-state index contributed by atoms with van der Waals surface area (Å²) in [5.74, 6) is 1.33. The van der Waals surface area contributed by atoms with Gasteiger partial charge in [-0.05, 0) is 30.5 Å². The maximum Gasteiger partial charge on any atom is 0.289 e. The lowest BCUT2D eigenvalue weighted by atomic mass is 10.0. The monoisotopic (exact) mass is 330 g/mol. The summed E-state index contributed by atoms with van der Waals surface area (Å²) in [4.78, 5) is 14.2. The molecule has 0 spiro atoms. The first-order valence-corrected chi connectivity index (χ1v) is 8.24. The molecule has 5 heteroatoms. The van der Waals surface area contributed by atoms with Crippen LogP contribution in [0.15, 0.2) is 47.1 Å². The van der Waals surface area contributed by atoms with E-state index in [0.717, 1.165) is 17.7 Å². The minimum Gasteiger partial charge on any atom is -0.489 e. The van der Waals surface area contributed by atoms with Crippen molar-refractivity contribution in [1.29, 1.82) is 0 Å². The summed E-state index contributed by atoms with van der Waals surface area (Å²) >= 11 is 0. The number of carbonyl (C=O) groups excluding carboxylic acids is 1. The lowest BCUT2D eigenvalue weighted by Gasteiger charge is -2.21. The number of furan rings is 1. The van der Waals surface area contributed by atoms with E-state index in [1.165, 1.54) is 6.26 Å². The van der Waals surface area contributed by atoms with E-state index in [1.54, 1.807) is 18.0 Å². The molecule has 1 aromatic heterocycles. The third-order valence-corrected chi connectivity index (χ3v) is 4.08. The quantitative estimate of drug-likeness (QED) is 0.806. The first-order chi connectivity index (χ1) is 11.5. The third kappa shape index (κ3) is 4.86. The normalized spacial score (nSPS) is 12.2. The number of hydrogen-bond donors (Lipinski definition) is 1. The van der Waals surface area contributed by atoms with Crippen molar-refractivity contribution in [1.82, 2.24) is 4.90 Å². The van der Waals surface area contributed by atoms with Crippen LogP contribution in [-0.4, -0.2) is 30.4 Å². The third-order valence-electron chi connectivity index (χ3n) is 4.08. The van der Waals surface area contributed by atoms with E-state index >= 15 is 0 Å². The highest BCUT2D eigenvalue weighted by Crippen LogP contribution is 2.17. The zero-order valence-electron chi connectivity index (χ0n) is 14.6. The van der Waals surface area contributed by atoms with Crippen LogP contribution in [0.25, 0.3) is 0 Å². The van der Waals surface area contributed by atoms with Crippen LogP contribution in [0.2, 0.25) is 0 Å². The van der Waals surface area contributed by atoms with E-state index in [0.29, 0.717) is 24.8 Å². The molecular formula is C19H26N2O3. The van der Waals surface area contributed by atoms with Crippen LogP contribution in [0.5, 0.6) is 5.75 Å². The molecule has 1 heterocycles. The number of nitrogens with two attached hydrogens (primary N) is 1. The summed E-state index contributed by atoms with van der Waals surface area (Å²) in [5.41, 5.74) is 6.78. The van der Waals surface area contributed by atoms with Gasteiger partial charge >= 0.3 is 0 Å². The number of nitrogens with zero attached hydrogens (tertiary/aromatic N) is 1. The Hall–Kier alpha value is -2.27. The Morgan fingerprint density at radius 3 is 2.62 bits per heavy atom. The zero-order valence-corrected chi connectivity index (χ0v) is 14.6. The molecule has 0 aliphatic rings. The number of hydrogen-bond acceptors (Lipinski definition) is 4. The van der Waals surface area contributed by atoms with Gasteiger partial charge < -0.3 is 19.8 Å². The average Bonchev–Trinajstić information content (AvgIpc) is 3.06. The summed E-state index contributed by atoms with van der Waals surface area (Å²) in [5, 5.41) is 0. The SMILES string of the molecule is CC(C)C(N)CCN(C)C(=O)c1occc1COc1ccccc1. The molecule has 1 amide bonds. The maximum atomic E-state index is 12.6. The van der Waals surface area contributed by atoms with Crippen LogP contribution < -0.4 is 10.5 Å². The number of para-hydroxylation sites is 1. The molecule has 0 aliphatic carbocycles. The van der Waals surface area contributed by atoms with Gasteiger partial charge in [0.1, 0.15) is 12.4 Å². The van der Waals surface area contributed by atoms with Crippen LogP contribution in [-0.2, 0) is 6.61 Å². The number of benzene rings is 1. The Morgan fingerprint density at radius 2 is 1.96 bits per heavy atom. The fourth-order valence-corrected chi connectivity index (χ4v) is 2.27. The van der Waals surface area contributed by atoms with Crippen molar-refractivity contribution in [3.63, 3.8) is 0 Å². The van der Waals surface area contributed by atoms with Gasteiger partial charge in [-0.25, -0.2) is 0 Å². The molecule has 0 saturated heterocycles. The van der Waals surface area contributed by atoms with Crippen LogP contribution >= 0.6 is 0 Å². The molecule has 2 N–H and O–H groups in total. The number of rotatable bonds is 8. The molecule has 130 valence electrons. The largest absolute Gasteiger partial charge is 0.489 e. The molecule has 24 heavy (non-hydrogen) atoms. The van der Waals surface area contributed by atoms with E-state index in [2.05, 4.69) is 13.8 Å². The molecule has 0 radical (unpaired) electrons. The molecule has 0 fully saturated rings. The summed E-state index contributed by atoms with van der Waals surface area (Å²) < 4.78 is 11.1. The Bertz CT molecular complexity index is 637. The molecule has 1 aromatic carbocycles. The van der Waals surface area contributed by atoms with Gasteiger partial charge in [-0.2, -0.15) is 0 Å². The van der Waals surface area contributed by atoms with Crippen molar-refractivity contribution in [3.05, 3.63) is 54.0 Å². The fraction of sp³-hybridized carbons (Fsp3) is 0.421. The Labute approximate surface area is 143 Å². The zero-order chi connectivity index (χ0) is 17.5. The molecule has 0 saturated carbocycles. The van der Waals surface area contributed by atoms with Gasteiger partial charge in [-0.3, -0.25) is 4.79 Å². The number of ether oxygens (including phenoxy) is 1. The van der Waals surface area contributed by atoms with E-state index in [4.69, 9.17) is 14.9 Å². The van der Waals surface area contributed by atoms with Gasteiger partial charge in [0.05, 0.1) is 6.26 Å². The summed E-state index contributed by atoms with van der Waals surface area (Å²) in [6, 6.07) is 11.3. The average molecular weight is 330 g/mol. The highest BCUT2D eigenvalue weighted by Gasteiger charge is 2.20. The molecule has 0 bridgehead atoms. The van der Waals surface area contributed by atoms with Crippen molar-refractivity contribution in [2.45, 2.75) is 32.9 Å². The Morgan fingerprint density at radius 1 is 1.25 bits per heavy atom. The number of amides is 1. The smallest absolute Gasteiger partial charge is 0.289 e. The van der Waals surface area contributed by atoms with E-state index in [1.807, 2.05) is 30.3 Å². The van der Waals surface area contributed by atoms with Crippen molar-refractivity contribution >= 4 is 5.91 Å². The van der Waals surface area contributed by atoms with E-state index in [-0.39, 0.29) is 11.9 Å². The highest BCUT2D eigenvalue weighted by atomic mass is 16.5. The van der Waals surface area contributed by atoms with E-state index in [9.17, 15) is 4.79 Å². The predicted molar refractivity (Wildman–Crippen MR) is 93.9 cm³/mol. The first kappa shape index (κ1) is 18.1. The minimum atomic E-state index is -0.150. The summed E-state index contributed by atoms with van der Waals surface area (Å²) in [7, 11) is 1.76. The molecule has 1 atom stereocenters. The van der Waals surface area contributed by atoms with Crippen molar-refractivity contribution in [2.24, 2.45) is 11.7 Å². The Balaban J connectivity index is 1.94. The van der Waals surface area contributed by atoms with Gasteiger partial charge in [-0.15, -0.1) is 0 Å². The van der Waals surface area contributed by atoms with Gasteiger partial charge in [0.2, 0.25) is 0 Å². The second kappa shape index (κ2) is 8.55. The highest BCUT2D eigenvalue weighted by molar-refractivity contribution is 5.92. The van der Waals surface area contributed by atoms with Crippen LogP contribution in [0.3, 0.4) is 0 Å². The Kier molecular flexibility index (Phi) is 6.44. The van der Waals surface area contributed by atoms with Crippen molar-refractivity contribution < 1.29 is 13.9 Å². The van der Waals surface area contributed by atoms with Gasteiger partial charge in [0.25, 0.3) is 5.91 Å². The van der Waals surface area contributed by atoms with Gasteiger partial charge in [0, 0.05) is 25.2 Å². The van der Waals surface area contributed by atoms with Crippen molar-refractivity contribution in [3.8, 4) is 5.75 Å². The van der Waals surface area contributed by atoms with Crippen LogP contribution in [0, 0.1) is 5.92 Å². The second-order valence-corrected chi connectivity index (χ2v) is 6.30. The summed E-state index contributed by atoms with van der Waals surface area (Å²) in [6.07, 6.45) is 2.28.